The van der Waals surface area contributed by atoms with Gasteiger partial charge in [-0.3, -0.25) is 14.5 Å². The quantitative estimate of drug-likeness (QED) is 0.482. The Kier molecular flexibility index (Phi) is 5.23. The minimum atomic E-state index is -0.934. The lowest BCUT2D eigenvalue weighted by atomic mass is 10.1. The number of halogens is 1. The topological polar surface area (TPSA) is 90.9 Å². The monoisotopic (exact) mass is 350 g/mol. The first-order valence-electron chi connectivity index (χ1n) is 7.44. The summed E-state index contributed by atoms with van der Waals surface area (Å²) in [6.07, 6.45) is -0.0212. The van der Waals surface area contributed by atoms with E-state index in [0.29, 0.717) is 10.7 Å². The van der Waals surface area contributed by atoms with E-state index in [-0.39, 0.29) is 24.8 Å². The lowest BCUT2D eigenvalue weighted by Crippen LogP contribution is -2.40. The highest BCUT2D eigenvalue weighted by atomic mass is 35.5. The highest BCUT2D eigenvalue weighted by Gasteiger charge is 2.43. The maximum atomic E-state index is 12.0. The van der Waals surface area contributed by atoms with Crippen molar-refractivity contribution >= 4 is 35.2 Å². The molecule has 1 fully saturated rings. The summed E-state index contributed by atoms with van der Waals surface area (Å²) in [4.78, 5) is 36.6. The number of carbonyl (C=O) groups excluding carboxylic acids is 3. The minimum absolute atomic E-state index is 0.00937. The van der Waals surface area contributed by atoms with Gasteiger partial charge < -0.3 is 5.32 Å². The normalized spacial score (nSPS) is 17.0. The van der Waals surface area contributed by atoms with Crippen LogP contribution in [0.15, 0.2) is 29.4 Å². The van der Waals surface area contributed by atoms with Crippen molar-refractivity contribution in [3.05, 3.63) is 34.9 Å². The van der Waals surface area contributed by atoms with Crippen LogP contribution in [0.2, 0.25) is 5.02 Å². The molecule has 1 aromatic rings. The van der Waals surface area contributed by atoms with E-state index in [2.05, 4.69) is 15.8 Å². The number of carbonyl (C=O) groups is 3. The second kappa shape index (κ2) is 7.00. The van der Waals surface area contributed by atoms with E-state index in [1.54, 1.807) is 45.0 Å². The SMILES string of the molecule is C/C(=N/NC(=O)CCN1C(=O)NC(C)(C)C1=O)c1ccc(Cl)cc1. The lowest BCUT2D eigenvalue weighted by Gasteiger charge is -2.15. The molecule has 1 aliphatic heterocycles. The van der Waals surface area contributed by atoms with Crippen molar-refractivity contribution in [1.82, 2.24) is 15.6 Å². The summed E-state index contributed by atoms with van der Waals surface area (Å²) in [7, 11) is 0. The van der Waals surface area contributed by atoms with Crippen molar-refractivity contribution in [2.45, 2.75) is 32.7 Å². The molecule has 2 N–H and O–H groups in total. The zero-order valence-electron chi connectivity index (χ0n) is 13.7. The average Bonchev–Trinajstić information content (AvgIpc) is 2.71. The third-order valence-corrected chi connectivity index (χ3v) is 3.87. The Morgan fingerprint density at radius 3 is 2.46 bits per heavy atom. The summed E-state index contributed by atoms with van der Waals surface area (Å²) in [5.41, 5.74) is 2.93. The van der Waals surface area contributed by atoms with Gasteiger partial charge in [0, 0.05) is 18.0 Å². The number of hydrazone groups is 1. The van der Waals surface area contributed by atoms with E-state index in [4.69, 9.17) is 11.6 Å². The zero-order chi connectivity index (χ0) is 17.9. The van der Waals surface area contributed by atoms with Crippen molar-refractivity contribution < 1.29 is 14.4 Å². The Morgan fingerprint density at radius 1 is 1.29 bits per heavy atom. The van der Waals surface area contributed by atoms with Crippen molar-refractivity contribution in [3.63, 3.8) is 0 Å². The van der Waals surface area contributed by atoms with Gasteiger partial charge in [-0.25, -0.2) is 10.2 Å². The Hall–Kier alpha value is -2.41. The Bertz CT molecular complexity index is 698. The maximum absolute atomic E-state index is 12.0. The molecule has 24 heavy (non-hydrogen) atoms. The predicted molar refractivity (Wildman–Crippen MR) is 90.7 cm³/mol. The number of nitrogens with zero attached hydrogens (tertiary/aromatic N) is 2. The molecule has 0 aromatic heterocycles. The summed E-state index contributed by atoms with van der Waals surface area (Å²) < 4.78 is 0. The van der Waals surface area contributed by atoms with E-state index < -0.39 is 11.6 Å². The van der Waals surface area contributed by atoms with Gasteiger partial charge in [-0.2, -0.15) is 5.10 Å². The van der Waals surface area contributed by atoms with E-state index in [0.717, 1.165) is 10.5 Å². The molecule has 0 spiro atoms. The molecule has 2 rings (SSSR count). The van der Waals surface area contributed by atoms with Gasteiger partial charge >= 0.3 is 6.03 Å². The van der Waals surface area contributed by atoms with Crippen LogP contribution in [-0.4, -0.2) is 40.5 Å². The molecule has 1 aromatic carbocycles. The molecule has 7 nitrogen and oxygen atoms in total. The van der Waals surface area contributed by atoms with E-state index in [1.807, 2.05) is 0 Å². The molecule has 0 radical (unpaired) electrons. The van der Waals surface area contributed by atoms with E-state index in [9.17, 15) is 14.4 Å². The van der Waals surface area contributed by atoms with Crippen LogP contribution >= 0.6 is 11.6 Å². The fourth-order valence-electron chi connectivity index (χ4n) is 2.19. The first-order chi connectivity index (χ1) is 11.2. The summed E-state index contributed by atoms with van der Waals surface area (Å²) in [6.45, 7) is 5.00. The summed E-state index contributed by atoms with van der Waals surface area (Å²) >= 11 is 5.82. The minimum Gasteiger partial charge on any atom is -0.324 e. The van der Waals surface area contributed by atoms with Crippen molar-refractivity contribution in [2.75, 3.05) is 6.54 Å². The van der Waals surface area contributed by atoms with Crippen molar-refractivity contribution in [2.24, 2.45) is 5.10 Å². The number of urea groups is 1. The summed E-state index contributed by atoms with van der Waals surface area (Å²) in [5.74, 6) is -0.727. The Balaban J connectivity index is 1.87. The first-order valence-corrected chi connectivity index (χ1v) is 7.81. The van der Waals surface area contributed by atoms with Crippen LogP contribution in [0, 0.1) is 0 Å². The van der Waals surface area contributed by atoms with Crippen LogP contribution in [0.1, 0.15) is 32.8 Å². The molecule has 1 aliphatic rings. The van der Waals surface area contributed by atoms with Crippen LogP contribution < -0.4 is 10.7 Å². The van der Waals surface area contributed by atoms with Crippen molar-refractivity contribution in [3.8, 4) is 0 Å². The molecule has 4 amide bonds. The van der Waals surface area contributed by atoms with Gasteiger partial charge in [0.2, 0.25) is 5.91 Å². The Morgan fingerprint density at radius 2 is 1.92 bits per heavy atom. The Labute approximate surface area is 145 Å². The van der Waals surface area contributed by atoms with Gasteiger partial charge in [-0.1, -0.05) is 23.7 Å². The number of hydrogen-bond donors (Lipinski definition) is 2. The molecule has 128 valence electrons. The zero-order valence-corrected chi connectivity index (χ0v) is 14.5. The molecule has 1 heterocycles. The van der Waals surface area contributed by atoms with Gasteiger partial charge in [-0.05, 0) is 38.5 Å². The number of imide groups is 1. The fourth-order valence-corrected chi connectivity index (χ4v) is 2.32. The molecule has 0 unspecified atom stereocenters. The van der Waals surface area contributed by atoms with Gasteiger partial charge in [0.1, 0.15) is 5.54 Å². The second-order valence-corrected chi connectivity index (χ2v) is 6.44. The standard InChI is InChI=1S/C16H19ClN4O3/c1-10(11-4-6-12(17)7-5-11)19-20-13(22)8-9-21-14(23)16(2,3)18-15(21)24/h4-7H,8-9H2,1-3H3,(H,18,24)(H,20,22)/b19-10-. The summed E-state index contributed by atoms with van der Waals surface area (Å²) in [6, 6.07) is 6.57. The van der Waals surface area contributed by atoms with Gasteiger partial charge in [0.05, 0.1) is 5.71 Å². The first kappa shape index (κ1) is 17.9. The molecule has 0 saturated carbocycles. The summed E-state index contributed by atoms with van der Waals surface area (Å²) in [5, 5.41) is 7.18. The number of amides is 4. The smallest absolute Gasteiger partial charge is 0.324 e. The highest BCUT2D eigenvalue weighted by Crippen LogP contribution is 2.16. The third kappa shape index (κ3) is 4.11. The lowest BCUT2D eigenvalue weighted by molar-refractivity contribution is -0.130. The van der Waals surface area contributed by atoms with Crippen LogP contribution in [-0.2, 0) is 9.59 Å². The van der Waals surface area contributed by atoms with E-state index >= 15 is 0 Å². The molecule has 0 aliphatic carbocycles. The van der Waals surface area contributed by atoms with Gasteiger partial charge in [0.25, 0.3) is 5.91 Å². The van der Waals surface area contributed by atoms with E-state index in [1.165, 1.54) is 0 Å². The predicted octanol–water partition coefficient (Wildman–Crippen LogP) is 1.90. The molecule has 1 saturated heterocycles. The van der Waals surface area contributed by atoms with Crippen LogP contribution in [0.5, 0.6) is 0 Å². The van der Waals surface area contributed by atoms with Gasteiger partial charge in [-0.15, -0.1) is 0 Å². The molecule has 0 atom stereocenters. The average molecular weight is 351 g/mol. The van der Waals surface area contributed by atoms with Gasteiger partial charge in [0.15, 0.2) is 0 Å². The second-order valence-electron chi connectivity index (χ2n) is 6.00. The van der Waals surface area contributed by atoms with Crippen LogP contribution in [0.3, 0.4) is 0 Å². The van der Waals surface area contributed by atoms with Crippen LogP contribution in [0.25, 0.3) is 0 Å². The fraction of sp³-hybridized carbons (Fsp3) is 0.375. The third-order valence-electron chi connectivity index (χ3n) is 3.62. The number of rotatable bonds is 5. The maximum Gasteiger partial charge on any atom is 0.325 e. The van der Waals surface area contributed by atoms with Crippen molar-refractivity contribution in [1.29, 1.82) is 0 Å². The number of hydrogen-bond acceptors (Lipinski definition) is 4. The van der Waals surface area contributed by atoms with Crippen LogP contribution in [0.4, 0.5) is 4.79 Å². The number of nitrogens with one attached hydrogen (secondary N) is 2. The molecular weight excluding hydrogens is 332 g/mol. The number of benzene rings is 1. The molecular formula is C16H19ClN4O3. The highest BCUT2D eigenvalue weighted by molar-refractivity contribution is 6.30. The molecule has 0 bridgehead atoms. The largest absolute Gasteiger partial charge is 0.325 e. The molecule has 8 heteroatoms.